The first-order valence-corrected chi connectivity index (χ1v) is 37.4. The van der Waals surface area contributed by atoms with Crippen LogP contribution in [-0.2, 0) is 34.6 Å². The fraction of sp³-hybridized carbons (Fsp3) is 0.184. The van der Waals surface area contributed by atoms with E-state index in [1.54, 1.807) is 66.8 Å². The molecule has 0 fully saturated rings. The van der Waals surface area contributed by atoms with Crippen molar-refractivity contribution in [2.24, 2.45) is 34.1 Å². The van der Waals surface area contributed by atoms with E-state index in [1.807, 2.05) is 205 Å². The van der Waals surface area contributed by atoms with Gasteiger partial charge in [-0.1, -0.05) is 166 Å². The molecule has 111 heavy (non-hydrogen) atoms. The summed E-state index contributed by atoms with van der Waals surface area (Å²) in [6, 6.07) is 70.6. The Morgan fingerprint density at radius 1 is 0.297 bits per heavy atom. The third-order valence-corrected chi connectivity index (χ3v) is 21.8. The first-order chi connectivity index (χ1) is 60.4. The monoisotopic (exact) mass is 1470 g/mol. The molecule has 0 saturated carbocycles. The van der Waals surface area contributed by atoms with E-state index in [0.29, 0.717) is 66.3 Å². The molecule has 8 aromatic heterocycles. The molecule has 0 N–H and O–H groups in total. The highest BCUT2D eigenvalue weighted by Gasteiger charge is 2.29. The maximum Gasteiger partial charge on any atom is 0.216 e. The van der Waals surface area contributed by atoms with Crippen molar-refractivity contribution in [2.75, 3.05) is 0 Å². The van der Waals surface area contributed by atoms with Crippen LogP contribution in [0.2, 0.25) is 0 Å². The Balaban J connectivity index is 0.000000120. The minimum atomic E-state index is -2.33. The van der Waals surface area contributed by atoms with Gasteiger partial charge in [0.1, 0.15) is 72.9 Å². The minimum Gasteiger partial charge on any atom is -0.455 e. The second-order valence-corrected chi connectivity index (χ2v) is 29.8. The third-order valence-electron chi connectivity index (χ3n) is 21.8. The quantitative estimate of drug-likeness (QED) is 0.156. The van der Waals surface area contributed by atoms with Gasteiger partial charge in [0, 0.05) is 114 Å². The van der Waals surface area contributed by atoms with E-state index < -0.39 is 40.6 Å². The fourth-order valence-electron chi connectivity index (χ4n) is 16.5. The van der Waals surface area contributed by atoms with Crippen LogP contribution in [0.15, 0.2) is 261 Å². The lowest BCUT2D eigenvalue weighted by Crippen LogP contribution is -2.31. The van der Waals surface area contributed by atoms with Gasteiger partial charge in [0.05, 0.1) is 22.3 Å². The Morgan fingerprint density at radius 3 is 1.16 bits per heavy atom. The van der Waals surface area contributed by atoms with Gasteiger partial charge in [-0.15, -0.1) is 0 Å². The number of benzene rings is 12. The van der Waals surface area contributed by atoms with Crippen molar-refractivity contribution in [1.29, 1.82) is 0 Å². The molecular weight excluding hydrogens is 1360 g/mol. The molecule has 0 atom stereocenters. The summed E-state index contributed by atoms with van der Waals surface area (Å²) in [6.45, 7) is 4.08. The lowest BCUT2D eigenvalue weighted by molar-refractivity contribution is -0.660. The third kappa shape index (κ3) is 12.4. The van der Waals surface area contributed by atoms with Crippen LogP contribution in [0.3, 0.4) is 0 Å². The molecule has 20 rings (SSSR count). The van der Waals surface area contributed by atoms with Crippen LogP contribution >= 0.6 is 0 Å². The number of hydrogen-bond donors (Lipinski definition) is 0. The lowest BCUT2D eigenvalue weighted by Gasteiger charge is -2.09. The van der Waals surface area contributed by atoms with Gasteiger partial charge < -0.3 is 17.7 Å². The maximum absolute atomic E-state index is 8.58. The van der Waals surface area contributed by atoms with E-state index in [4.69, 9.17) is 41.0 Å². The van der Waals surface area contributed by atoms with Gasteiger partial charge in [0.2, 0.25) is 22.8 Å². The molecule has 12 aromatic carbocycles. The van der Waals surface area contributed by atoms with Crippen molar-refractivity contribution < 1.29 is 59.2 Å². The van der Waals surface area contributed by atoms with Crippen molar-refractivity contribution >= 4 is 131 Å². The molecule has 0 aliphatic heterocycles. The van der Waals surface area contributed by atoms with E-state index in [0.717, 1.165) is 143 Å². The van der Waals surface area contributed by atoms with Crippen LogP contribution < -0.4 is 18.3 Å². The van der Waals surface area contributed by atoms with Crippen molar-refractivity contribution in [3.63, 3.8) is 0 Å². The Morgan fingerprint density at radius 2 is 0.703 bits per heavy atom. The summed E-state index contributed by atoms with van der Waals surface area (Å²) in [5.74, 6) is -0.123. The van der Waals surface area contributed by atoms with Crippen LogP contribution in [0, 0.1) is 81.7 Å². The molecule has 8 heteroatoms. The van der Waals surface area contributed by atoms with Crippen LogP contribution in [0.25, 0.3) is 176 Å². The molecule has 20 aromatic rings. The van der Waals surface area contributed by atoms with Gasteiger partial charge in [0.25, 0.3) is 0 Å². The molecule has 8 heterocycles. The van der Waals surface area contributed by atoms with Crippen molar-refractivity contribution in [1.82, 2.24) is 0 Å². The van der Waals surface area contributed by atoms with Crippen molar-refractivity contribution in [3.05, 3.63) is 310 Å². The largest absolute Gasteiger partial charge is 0.455 e. The topological polar surface area (TPSA) is 68.1 Å². The molecule has 0 amide bonds. The molecule has 8 nitrogen and oxygen atoms in total. The zero-order valence-corrected chi connectivity index (χ0v) is 64.1. The van der Waals surface area contributed by atoms with Crippen LogP contribution in [0.5, 0.6) is 0 Å². The Bertz CT molecular complexity index is 7950. The summed E-state index contributed by atoms with van der Waals surface area (Å²) >= 11 is 0. The lowest BCUT2D eigenvalue weighted by atomic mass is 9.94. The first kappa shape index (κ1) is 54.1. The van der Waals surface area contributed by atoms with Crippen molar-refractivity contribution in [3.8, 4) is 45.0 Å². The summed E-state index contributed by atoms with van der Waals surface area (Å²) in [4.78, 5) is 0. The summed E-state index contributed by atoms with van der Waals surface area (Å²) < 4.78 is 171. The van der Waals surface area contributed by atoms with E-state index >= 15 is 0 Å². The molecule has 0 bridgehead atoms. The van der Waals surface area contributed by atoms with Crippen LogP contribution in [-0.4, -0.2) is 0 Å². The maximum atomic E-state index is 8.58. The van der Waals surface area contributed by atoms with Crippen LogP contribution in [0.4, 0.5) is 0 Å². The van der Waals surface area contributed by atoms with Gasteiger partial charge in [-0.25, -0.2) is 18.3 Å². The number of nitrogens with zero attached hydrogens (tertiary/aromatic N) is 4. The number of pyridine rings is 4. The second-order valence-electron chi connectivity index (χ2n) is 29.8. The molecular formula is C103H94N4O4+4. The number of hydrogen-bond acceptors (Lipinski definition) is 4. The standard InChI is InChI=1S/C27H26NO.C26H24NO.2C25H22NO/c1-17(2)15-19-13-14-28(4)23(16-19)25-18(3)9-11-22-26-21-8-6-5-7-20(21)10-12-24(26)29-27(22)25;1-15-13-21(27(5)14-18(15)4)23-16(2)12-17(3)24-25-20-9-7-6-8-19(20)10-11-22(25)28-26(23)24;1-15-9-11-20(26(4)14-15)22-16(2)13-17(3)23-24-19-8-6-5-7-18(19)10-12-21(24)27-25(22)23;1-15-11-12-26(4)20(13-15)22-16(2)14-17(3)23-24-19-8-6-5-7-18(19)9-10-21(24)27-25(22)23/h5-14,16-17H,15H2,1-4H3;6-14H,1-5H3;2*5-14H,1-4H3/q4*+1/i15D2;3D3,4D3;1D3,3D3;3D3. The molecule has 0 radical (unpaired) electrons. The highest BCUT2D eigenvalue weighted by atomic mass is 16.3. The smallest absolute Gasteiger partial charge is 0.216 e. The van der Waals surface area contributed by atoms with E-state index in [1.165, 1.54) is 10.8 Å². The fourth-order valence-corrected chi connectivity index (χ4v) is 16.5. The molecule has 0 aliphatic rings. The van der Waals surface area contributed by atoms with Gasteiger partial charge in [0.15, 0.2) is 24.8 Å². The Labute approximate surface area is 672 Å². The highest BCUT2D eigenvalue weighted by Crippen LogP contribution is 2.47. The minimum absolute atomic E-state index is 0.123. The molecule has 0 saturated heterocycles. The molecule has 546 valence electrons. The zero-order valence-electron chi connectivity index (χ0n) is 81.1. The van der Waals surface area contributed by atoms with E-state index in [-0.39, 0.29) is 28.2 Å². The predicted octanol–water partition coefficient (Wildman–Crippen LogP) is 25.5. The Hall–Kier alpha value is -12.5. The average Bonchev–Trinajstić information content (AvgIpc) is 1.55. The molecule has 0 aliphatic carbocycles. The SMILES string of the molecule is [2H]C([2H])([2H])c1c[n+](C)c(-c2c(C)cc(C([2H])([2H])[2H])c3c2oc2ccc4ccccc4c23)cc1C.[2H]C([2H])([2H])c1cc(C)c(-c2cc(C)cc[n+]2C)c2oc3ccc4ccccc4c3c12.[2H]C([2H])([2H])c1ccc(-c2c(C)cc(C([2H])([2H])[2H])c3c2oc2ccc4ccccc4c23)[n+](C)c1.[2H]C([2H])(c1cc[n+](C)c(-c2c(C)ccc3c2oc2ccc4ccccc4c23)c1)C(C)C. The Kier molecular flexibility index (Phi) is 13.7. The average molecular weight is 1470 g/mol. The van der Waals surface area contributed by atoms with E-state index in [9.17, 15) is 0 Å². The van der Waals surface area contributed by atoms with Crippen LogP contribution in [0.1, 0.15) is 104 Å². The van der Waals surface area contributed by atoms with Gasteiger partial charge in [-0.2, -0.15) is 0 Å². The predicted molar refractivity (Wildman–Crippen MR) is 462 cm³/mol. The van der Waals surface area contributed by atoms with E-state index in [2.05, 4.69) is 73.0 Å². The van der Waals surface area contributed by atoms with Crippen molar-refractivity contribution in [2.45, 2.75) is 96.0 Å². The number of fused-ring (bicyclic) bond motifs is 20. The highest BCUT2D eigenvalue weighted by molar-refractivity contribution is 6.25. The van der Waals surface area contributed by atoms with Gasteiger partial charge >= 0.3 is 0 Å². The van der Waals surface area contributed by atoms with Gasteiger partial charge in [-0.05, 0) is 217 Å². The number of rotatable bonds is 6. The zero-order chi connectivity index (χ0) is 91.4. The molecule has 0 unspecified atom stereocenters. The second kappa shape index (κ2) is 28.2. The normalized spacial score (nSPS) is 14.7. The summed E-state index contributed by atoms with van der Waals surface area (Å²) in [5, 5.41) is 14.8. The summed E-state index contributed by atoms with van der Waals surface area (Å²) in [7, 11) is 7.58. The van der Waals surface area contributed by atoms with Gasteiger partial charge in [-0.3, -0.25) is 0 Å². The number of furan rings is 4. The number of aromatic nitrogens is 4. The summed E-state index contributed by atoms with van der Waals surface area (Å²) in [5.41, 5.74) is 19.5. The summed E-state index contributed by atoms with van der Waals surface area (Å²) in [6.07, 6.45) is 5.77. The molecule has 0 spiro atoms. The first-order valence-electron chi connectivity index (χ1n) is 45.9. The number of aryl methyl sites for hydroxylation is 15.